The van der Waals surface area contributed by atoms with Crippen LogP contribution in [-0.4, -0.2) is 58.0 Å². The molecule has 0 unspecified atom stereocenters. The SMILES string of the molecule is CCC[C@H](O)[C@@H](NC(=O)c1ccccc1)C(=O)N1C(=O)N(C)[C@@H](C)[C@H]1c1ccccc1. The molecule has 2 aromatic rings. The van der Waals surface area contributed by atoms with E-state index in [0.29, 0.717) is 18.4 Å². The first-order valence-electron chi connectivity index (χ1n) is 10.6. The zero-order valence-corrected chi connectivity index (χ0v) is 18.1. The summed E-state index contributed by atoms with van der Waals surface area (Å²) in [5.74, 6) is -1.08. The predicted octanol–water partition coefficient (Wildman–Crippen LogP) is 2.97. The van der Waals surface area contributed by atoms with Crippen LogP contribution < -0.4 is 5.32 Å². The normalized spacial score (nSPS) is 20.5. The van der Waals surface area contributed by atoms with Crippen molar-refractivity contribution in [2.24, 2.45) is 0 Å². The zero-order valence-electron chi connectivity index (χ0n) is 18.1. The molecule has 0 bridgehead atoms. The van der Waals surface area contributed by atoms with Gasteiger partial charge in [0.1, 0.15) is 6.04 Å². The molecular formula is C24H29N3O4. The number of rotatable bonds is 7. The van der Waals surface area contributed by atoms with Gasteiger partial charge in [-0.25, -0.2) is 4.79 Å². The maximum Gasteiger partial charge on any atom is 0.327 e. The number of hydrogen-bond donors (Lipinski definition) is 2. The molecule has 1 saturated heterocycles. The molecule has 2 aromatic carbocycles. The van der Waals surface area contributed by atoms with Gasteiger partial charge >= 0.3 is 6.03 Å². The van der Waals surface area contributed by atoms with Crippen LogP contribution in [0.25, 0.3) is 0 Å². The second-order valence-electron chi connectivity index (χ2n) is 7.87. The van der Waals surface area contributed by atoms with Gasteiger partial charge in [0.2, 0.25) is 0 Å². The van der Waals surface area contributed by atoms with E-state index in [4.69, 9.17) is 0 Å². The van der Waals surface area contributed by atoms with Crippen molar-refractivity contribution in [2.75, 3.05) is 7.05 Å². The fourth-order valence-corrected chi connectivity index (χ4v) is 3.95. The van der Waals surface area contributed by atoms with Crippen LogP contribution in [0, 0.1) is 0 Å². The minimum absolute atomic E-state index is 0.257. The molecule has 0 radical (unpaired) electrons. The zero-order chi connectivity index (χ0) is 22.5. The Balaban J connectivity index is 1.94. The van der Waals surface area contributed by atoms with Crippen LogP contribution in [0.1, 0.15) is 48.7 Å². The van der Waals surface area contributed by atoms with Crippen LogP contribution in [0.4, 0.5) is 4.79 Å². The highest BCUT2D eigenvalue weighted by atomic mass is 16.3. The number of carbonyl (C=O) groups excluding carboxylic acids is 3. The molecule has 7 heteroatoms. The molecule has 0 spiro atoms. The predicted molar refractivity (Wildman–Crippen MR) is 117 cm³/mol. The van der Waals surface area contributed by atoms with E-state index in [9.17, 15) is 19.5 Å². The second kappa shape index (κ2) is 9.75. The van der Waals surface area contributed by atoms with E-state index >= 15 is 0 Å². The monoisotopic (exact) mass is 423 g/mol. The molecule has 2 N–H and O–H groups in total. The molecule has 3 rings (SSSR count). The number of nitrogens with one attached hydrogen (secondary N) is 1. The van der Waals surface area contributed by atoms with Crippen molar-refractivity contribution >= 4 is 17.8 Å². The summed E-state index contributed by atoms with van der Waals surface area (Å²) in [5.41, 5.74) is 1.20. The first kappa shape index (κ1) is 22.5. The van der Waals surface area contributed by atoms with Crippen molar-refractivity contribution < 1.29 is 19.5 Å². The molecule has 4 amide bonds. The summed E-state index contributed by atoms with van der Waals surface area (Å²) in [7, 11) is 1.65. The topological polar surface area (TPSA) is 90.0 Å². The molecule has 31 heavy (non-hydrogen) atoms. The molecule has 1 fully saturated rings. The van der Waals surface area contributed by atoms with E-state index in [1.54, 1.807) is 37.4 Å². The smallest absolute Gasteiger partial charge is 0.327 e. The Kier molecular flexibility index (Phi) is 7.07. The molecule has 164 valence electrons. The van der Waals surface area contributed by atoms with Gasteiger partial charge in [-0.1, -0.05) is 61.9 Å². The van der Waals surface area contributed by atoms with E-state index in [1.807, 2.05) is 44.2 Å². The molecule has 4 atom stereocenters. The number of nitrogens with zero attached hydrogens (tertiary/aromatic N) is 2. The summed E-state index contributed by atoms with van der Waals surface area (Å²) in [6.45, 7) is 3.76. The first-order chi connectivity index (χ1) is 14.9. The molecule has 0 aliphatic carbocycles. The van der Waals surface area contributed by atoms with Gasteiger partial charge in [0, 0.05) is 12.6 Å². The first-order valence-corrected chi connectivity index (χ1v) is 10.6. The van der Waals surface area contributed by atoms with Crippen molar-refractivity contribution in [3.63, 3.8) is 0 Å². The minimum Gasteiger partial charge on any atom is -0.390 e. The highest BCUT2D eigenvalue weighted by Crippen LogP contribution is 2.35. The Morgan fingerprint density at radius 2 is 1.65 bits per heavy atom. The molecule has 1 aliphatic rings. The van der Waals surface area contributed by atoms with Crippen molar-refractivity contribution in [3.05, 3.63) is 71.8 Å². The highest BCUT2D eigenvalue weighted by Gasteiger charge is 2.48. The maximum atomic E-state index is 13.6. The summed E-state index contributed by atoms with van der Waals surface area (Å²) in [6, 6.07) is 15.4. The van der Waals surface area contributed by atoms with Gasteiger partial charge in [0.15, 0.2) is 0 Å². The standard InChI is InChI=1S/C24H29N3O4/c1-4-11-19(28)20(25-22(29)18-14-9-6-10-15-18)23(30)27-21(16(2)26(3)24(27)31)17-12-7-5-8-13-17/h5-10,12-16,19-21,28H,4,11H2,1-3H3,(H,25,29)/t16-,19-,20+,21-/m0/s1. The fourth-order valence-electron chi connectivity index (χ4n) is 3.95. The maximum absolute atomic E-state index is 13.6. The average molecular weight is 424 g/mol. The van der Waals surface area contributed by atoms with Gasteiger partial charge in [-0.05, 0) is 31.0 Å². The Labute approximate surface area is 182 Å². The van der Waals surface area contributed by atoms with E-state index in [0.717, 1.165) is 5.56 Å². The number of amides is 4. The molecular weight excluding hydrogens is 394 g/mol. The largest absolute Gasteiger partial charge is 0.390 e. The summed E-state index contributed by atoms with van der Waals surface area (Å²) in [6.07, 6.45) is -0.177. The number of aliphatic hydroxyl groups excluding tert-OH is 1. The van der Waals surface area contributed by atoms with Gasteiger partial charge in [-0.3, -0.25) is 14.5 Å². The summed E-state index contributed by atoms with van der Waals surface area (Å²) in [5, 5.41) is 13.4. The Morgan fingerprint density at radius 1 is 1.06 bits per heavy atom. The van der Waals surface area contributed by atoms with Crippen LogP contribution in [0.5, 0.6) is 0 Å². The Hall–Kier alpha value is -3.19. The number of hydrogen-bond acceptors (Lipinski definition) is 4. The number of aliphatic hydroxyl groups is 1. The van der Waals surface area contributed by atoms with Gasteiger partial charge in [0.25, 0.3) is 11.8 Å². The van der Waals surface area contributed by atoms with Gasteiger partial charge < -0.3 is 15.3 Å². The van der Waals surface area contributed by atoms with Gasteiger partial charge in [-0.15, -0.1) is 0 Å². The second-order valence-corrected chi connectivity index (χ2v) is 7.87. The van der Waals surface area contributed by atoms with Gasteiger partial charge in [0.05, 0.1) is 18.2 Å². The van der Waals surface area contributed by atoms with E-state index in [1.165, 1.54) is 9.80 Å². The Morgan fingerprint density at radius 3 is 2.23 bits per heavy atom. The number of likely N-dealkylation sites (N-methyl/N-ethyl adjacent to an activating group) is 1. The molecule has 1 aliphatic heterocycles. The van der Waals surface area contributed by atoms with E-state index < -0.39 is 36.0 Å². The summed E-state index contributed by atoms with van der Waals surface area (Å²) < 4.78 is 0. The number of urea groups is 1. The molecule has 1 heterocycles. The lowest BCUT2D eigenvalue weighted by atomic mass is 9.98. The van der Waals surface area contributed by atoms with Crippen molar-refractivity contribution in [1.29, 1.82) is 0 Å². The van der Waals surface area contributed by atoms with Crippen LogP contribution in [0.3, 0.4) is 0 Å². The average Bonchev–Trinajstić information content (AvgIpc) is 3.02. The third-order valence-electron chi connectivity index (χ3n) is 5.79. The van der Waals surface area contributed by atoms with Crippen molar-refractivity contribution in [3.8, 4) is 0 Å². The van der Waals surface area contributed by atoms with Crippen LogP contribution in [0.2, 0.25) is 0 Å². The Bertz CT molecular complexity index is 919. The van der Waals surface area contributed by atoms with Crippen molar-refractivity contribution in [1.82, 2.24) is 15.1 Å². The van der Waals surface area contributed by atoms with E-state index in [2.05, 4.69) is 5.32 Å². The van der Waals surface area contributed by atoms with E-state index in [-0.39, 0.29) is 6.04 Å². The van der Waals surface area contributed by atoms with Gasteiger partial charge in [-0.2, -0.15) is 0 Å². The number of benzene rings is 2. The lowest BCUT2D eigenvalue weighted by molar-refractivity contribution is -0.134. The quantitative estimate of drug-likeness (QED) is 0.716. The van der Waals surface area contributed by atoms with Crippen LogP contribution in [0.15, 0.2) is 60.7 Å². The summed E-state index contributed by atoms with van der Waals surface area (Å²) >= 11 is 0. The lowest BCUT2D eigenvalue weighted by Crippen LogP contribution is -2.55. The summed E-state index contributed by atoms with van der Waals surface area (Å²) in [4.78, 5) is 42.1. The third-order valence-corrected chi connectivity index (χ3v) is 5.79. The number of carbonyl (C=O) groups is 3. The third kappa shape index (κ3) is 4.61. The fraction of sp³-hybridized carbons (Fsp3) is 0.375. The molecule has 0 aromatic heterocycles. The highest BCUT2D eigenvalue weighted by molar-refractivity contribution is 6.03. The number of imide groups is 1. The lowest BCUT2D eigenvalue weighted by Gasteiger charge is -2.30. The van der Waals surface area contributed by atoms with Crippen LogP contribution >= 0.6 is 0 Å². The minimum atomic E-state index is -1.23. The molecule has 7 nitrogen and oxygen atoms in total. The van der Waals surface area contributed by atoms with Crippen LogP contribution in [-0.2, 0) is 4.79 Å². The molecule has 0 saturated carbocycles. The van der Waals surface area contributed by atoms with Crippen molar-refractivity contribution in [2.45, 2.75) is 50.9 Å².